The Bertz CT molecular complexity index is 1130. The molecule has 2 aromatic rings. The quantitative estimate of drug-likeness (QED) is 0.781. The van der Waals surface area contributed by atoms with Gasteiger partial charge in [-0.1, -0.05) is 59.7 Å². The van der Waals surface area contributed by atoms with Gasteiger partial charge in [-0.15, -0.1) is 0 Å². The molecular weight excluding hydrogens is 416 g/mol. The average molecular weight is 447 g/mol. The molecule has 0 aromatic heterocycles. The van der Waals surface area contributed by atoms with Crippen LogP contribution < -0.4 is 5.32 Å². The molecule has 0 saturated carbocycles. The maximum Gasteiger partial charge on any atom is 0.328 e. The van der Waals surface area contributed by atoms with E-state index in [1.54, 1.807) is 11.9 Å². The van der Waals surface area contributed by atoms with E-state index in [0.717, 1.165) is 22.4 Å². The first kappa shape index (κ1) is 21.6. The molecule has 33 heavy (non-hydrogen) atoms. The number of nitrogens with one attached hydrogen (secondary N) is 1. The highest BCUT2D eigenvalue weighted by atomic mass is 16.2. The summed E-state index contributed by atoms with van der Waals surface area (Å²) < 4.78 is 0. The van der Waals surface area contributed by atoms with Crippen LogP contribution in [0.1, 0.15) is 29.2 Å². The lowest BCUT2D eigenvalue weighted by atomic mass is 10.1. The minimum absolute atomic E-state index is 0.162. The highest BCUT2D eigenvalue weighted by molar-refractivity contribution is 6.01. The summed E-state index contributed by atoms with van der Waals surface area (Å²) in [6, 6.07) is 15.5. The van der Waals surface area contributed by atoms with E-state index < -0.39 is 12.2 Å². The molecule has 2 fully saturated rings. The minimum Gasteiger partial charge on any atom is -0.310 e. The summed E-state index contributed by atoms with van der Waals surface area (Å²) in [7, 11) is 1.76. The molecule has 0 aliphatic carbocycles. The zero-order valence-electron chi connectivity index (χ0n) is 19.5. The Hall–Kier alpha value is -3.23. The minimum atomic E-state index is -0.465. The van der Waals surface area contributed by atoms with Gasteiger partial charge in [0, 0.05) is 19.3 Å². The number of amides is 3. The van der Waals surface area contributed by atoms with Crippen molar-refractivity contribution in [2.45, 2.75) is 52.4 Å². The second kappa shape index (κ2) is 8.28. The molecule has 1 N–H and O–H groups in total. The van der Waals surface area contributed by atoms with E-state index in [9.17, 15) is 9.59 Å². The van der Waals surface area contributed by atoms with Crippen molar-refractivity contribution in [1.29, 1.82) is 0 Å². The third-order valence-electron chi connectivity index (χ3n) is 6.60. The molecule has 0 spiro atoms. The Kier molecular flexibility index (Phi) is 5.42. The molecule has 8 nitrogen and oxygen atoms in total. The highest BCUT2D eigenvalue weighted by Crippen LogP contribution is 2.31. The van der Waals surface area contributed by atoms with E-state index in [1.165, 1.54) is 10.5 Å². The standard InChI is InChI=1S/C25H30N6O2/c1-16-7-5-9-19(11-16)14-30-23(32)21-22(28(4)25(30)33)26-24-29(21)13-18(3)27-31(24)15-20-10-6-8-17(2)12-20/h5-12,21-22,24,26H,13-15H2,1-4H3. The summed E-state index contributed by atoms with van der Waals surface area (Å²) in [5, 5.41) is 10.3. The predicted molar refractivity (Wildman–Crippen MR) is 126 cm³/mol. The summed E-state index contributed by atoms with van der Waals surface area (Å²) in [5.41, 5.74) is 5.35. The fraction of sp³-hybridized carbons (Fsp3) is 0.400. The van der Waals surface area contributed by atoms with Crippen molar-refractivity contribution in [2.75, 3.05) is 13.6 Å². The van der Waals surface area contributed by atoms with Crippen LogP contribution in [0, 0.1) is 13.8 Å². The summed E-state index contributed by atoms with van der Waals surface area (Å²) in [5.74, 6) is -0.162. The number of hydrazone groups is 1. The van der Waals surface area contributed by atoms with Crippen LogP contribution in [0.4, 0.5) is 4.79 Å². The van der Waals surface area contributed by atoms with Gasteiger partial charge in [0.2, 0.25) is 0 Å². The number of urea groups is 1. The number of nitrogens with zero attached hydrogens (tertiary/aromatic N) is 5. The Labute approximate surface area is 194 Å². The van der Waals surface area contributed by atoms with Crippen LogP contribution in [0.3, 0.4) is 0 Å². The van der Waals surface area contributed by atoms with E-state index in [2.05, 4.69) is 35.3 Å². The third kappa shape index (κ3) is 3.89. The number of rotatable bonds is 4. The fourth-order valence-electron chi connectivity index (χ4n) is 5.11. The van der Waals surface area contributed by atoms with Gasteiger partial charge < -0.3 is 4.90 Å². The highest BCUT2D eigenvalue weighted by Gasteiger charge is 2.56. The van der Waals surface area contributed by atoms with Crippen molar-refractivity contribution < 1.29 is 9.59 Å². The zero-order valence-corrected chi connectivity index (χ0v) is 19.5. The number of hydrogen-bond donors (Lipinski definition) is 1. The molecule has 172 valence electrons. The average Bonchev–Trinajstić information content (AvgIpc) is 3.15. The van der Waals surface area contributed by atoms with Gasteiger partial charge in [0.15, 0.2) is 6.29 Å². The SMILES string of the molecule is CC1=NN(Cc2cccc(C)c2)C2NC3C(C(=O)N(Cc4cccc(C)c4)C(=O)N3C)N2C1. The van der Waals surface area contributed by atoms with Crippen LogP contribution in [0.15, 0.2) is 53.6 Å². The molecule has 3 aliphatic heterocycles. The molecule has 0 radical (unpaired) electrons. The van der Waals surface area contributed by atoms with Gasteiger partial charge in [0.25, 0.3) is 5.91 Å². The van der Waals surface area contributed by atoms with Crippen LogP contribution >= 0.6 is 0 Å². The lowest BCUT2D eigenvalue weighted by Crippen LogP contribution is -2.66. The molecule has 0 bridgehead atoms. The molecule has 3 unspecified atom stereocenters. The Balaban J connectivity index is 1.42. The fourth-order valence-corrected chi connectivity index (χ4v) is 5.11. The van der Waals surface area contributed by atoms with Crippen LogP contribution in [0.2, 0.25) is 0 Å². The number of likely N-dealkylation sites (N-methyl/N-ethyl adjacent to an activating group) is 1. The van der Waals surface area contributed by atoms with Gasteiger partial charge in [-0.25, -0.2) is 9.69 Å². The second-order valence-corrected chi connectivity index (χ2v) is 9.33. The Morgan fingerprint density at radius 2 is 1.61 bits per heavy atom. The van der Waals surface area contributed by atoms with Crippen LogP contribution in [0.5, 0.6) is 0 Å². The summed E-state index contributed by atoms with van der Waals surface area (Å²) in [4.78, 5) is 32.0. The van der Waals surface area contributed by atoms with Crippen LogP contribution in [0.25, 0.3) is 0 Å². The van der Waals surface area contributed by atoms with Gasteiger partial charge in [-0.2, -0.15) is 5.10 Å². The number of carbonyl (C=O) groups is 2. The molecular formula is C25H30N6O2. The number of carbonyl (C=O) groups excluding carboxylic acids is 2. The molecule has 8 heteroatoms. The van der Waals surface area contributed by atoms with E-state index in [1.807, 2.05) is 49.2 Å². The van der Waals surface area contributed by atoms with E-state index in [0.29, 0.717) is 13.1 Å². The maximum atomic E-state index is 13.7. The van der Waals surface area contributed by atoms with Crippen molar-refractivity contribution in [3.05, 3.63) is 70.8 Å². The van der Waals surface area contributed by atoms with Crippen molar-refractivity contribution in [2.24, 2.45) is 5.10 Å². The van der Waals surface area contributed by atoms with E-state index >= 15 is 0 Å². The number of hydrogen-bond acceptors (Lipinski definition) is 6. The lowest BCUT2D eigenvalue weighted by Gasteiger charge is -2.42. The van der Waals surface area contributed by atoms with Gasteiger partial charge in [-0.3, -0.25) is 20.0 Å². The van der Waals surface area contributed by atoms with Crippen molar-refractivity contribution >= 4 is 17.6 Å². The van der Waals surface area contributed by atoms with Crippen molar-refractivity contribution in [3.63, 3.8) is 0 Å². The normalized spacial score (nSPS) is 25.3. The van der Waals surface area contributed by atoms with Gasteiger partial charge in [-0.05, 0) is 31.9 Å². The third-order valence-corrected chi connectivity index (χ3v) is 6.60. The predicted octanol–water partition coefficient (Wildman–Crippen LogP) is 2.47. The molecule has 2 aromatic carbocycles. The number of benzene rings is 2. The van der Waals surface area contributed by atoms with Crippen molar-refractivity contribution in [3.8, 4) is 0 Å². The van der Waals surface area contributed by atoms with E-state index in [-0.39, 0.29) is 24.8 Å². The van der Waals surface area contributed by atoms with Gasteiger partial charge in [0.1, 0.15) is 12.2 Å². The maximum absolute atomic E-state index is 13.7. The first-order valence-corrected chi connectivity index (χ1v) is 11.3. The first-order chi connectivity index (χ1) is 15.8. The van der Waals surface area contributed by atoms with Gasteiger partial charge in [0.05, 0.1) is 13.1 Å². The molecule has 2 saturated heterocycles. The molecule has 3 aliphatic rings. The molecule has 3 atom stereocenters. The van der Waals surface area contributed by atoms with Crippen LogP contribution in [-0.4, -0.2) is 69.4 Å². The molecule has 5 rings (SSSR count). The molecule has 3 amide bonds. The second-order valence-electron chi connectivity index (χ2n) is 9.33. The Morgan fingerprint density at radius 3 is 2.24 bits per heavy atom. The molecule has 3 heterocycles. The van der Waals surface area contributed by atoms with E-state index in [4.69, 9.17) is 5.10 Å². The number of aryl methyl sites for hydroxylation is 2. The largest absolute Gasteiger partial charge is 0.328 e. The van der Waals surface area contributed by atoms with Gasteiger partial charge >= 0.3 is 6.03 Å². The van der Waals surface area contributed by atoms with Crippen LogP contribution in [-0.2, 0) is 17.9 Å². The topological polar surface area (TPSA) is 71.5 Å². The summed E-state index contributed by atoms with van der Waals surface area (Å²) in [6.07, 6.45) is -0.660. The summed E-state index contributed by atoms with van der Waals surface area (Å²) >= 11 is 0. The monoisotopic (exact) mass is 446 g/mol. The number of fused-ring (bicyclic) bond motifs is 3. The lowest BCUT2D eigenvalue weighted by molar-refractivity contribution is -0.139. The zero-order chi connectivity index (χ0) is 23.3. The smallest absolute Gasteiger partial charge is 0.310 e. The Morgan fingerprint density at radius 1 is 0.970 bits per heavy atom. The van der Waals surface area contributed by atoms with Crippen molar-refractivity contribution in [1.82, 2.24) is 25.0 Å². The first-order valence-electron chi connectivity index (χ1n) is 11.3. The summed E-state index contributed by atoms with van der Waals surface area (Å²) in [6.45, 7) is 7.53. The number of imide groups is 1.